The molecule has 1 heterocycles. The number of carbonyl (C=O) groups excluding carboxylic acids is 1. The van der Waals surface area contributed by atoms with Crippen molar-refractivity contribution in [2.75, 3.05) is 39.5 Å². The number of rotatable bonds is 5. The van der Waals surface area contributed by atoms with Gasteiger partial charge < -0.3 is 14.2 Å². The predicted octanol–water partition coefficient (Wildman–Crippen LogP) is 2.23. The molecule has 0 radical (unpaired) electrons. The second kappa shape index (κ2) is 7.87. The van der Waals surface area contributed by atoms with Crippen molar-refractivity contribution in [1.82, 2.24) is 4.90 Å². The maximum absolute atomic E-state index is 11.6. The Labute approximate surface area is 119 Å². The molecule has 0 bridgehead atoms. The van der Waals surface area contributed by atoms with Gasteiger partial charge in [0.1, 0.15) is 6.10 Å². The van der Waals surface area contributed by atoms with Crippen LogP contribution < -0.4 is 0 Å². The van der Waals surface area contributed by atoms with E-state index >= 15 is 0 Å². The number of ether oxygens (including phenoxy) is 3. The van der Waals surface area contributed by atoms with Crippen molar-refractivity contribution in [3.63, 3.8) is 0 Å². The average molecular weight is 279 g/mol. The molecule has 1 aliphatic rings. The number of hydrogen-bond acceptors (Lipinski definition) is 5. The minimum atomic E-state index is -0.616. The van der Waals surface area contributed by atoms with Crippen LogP contribution in [-0.2, 0) is 14.2 Å². The van der Waals surface area contributed by atoms with Crippen LogP contribution in [0.25, 0.3) is 0 Å². The zero-order valence-corrected chi connectivity index (χ0v) is 11.8. The fraction of sp³-hybridized carbons (Fsp3) is 0.533. The quantitative estimate of drug-likeness (QED) is 0.774. The molecule has 1 fully saturated rings. The molecular weight excluding hydrogens is 258 g/mol. The topological polar surface area (TPSA) is 48.0 Å². The molecule has 0 N–H and O–H groups in total. The lowest BCUT2D eigenvalue weighted by Crippen LogP contribution is -2.39. The second-order valence-electron chi connectivity index (χ2n) is 4.61. The first kappa shape index (κ1) is 14.8. The summed E-state index contributed by atoms with van der Waals surface area (Å²) in [5, 5.41) is 0. The normalized spacial score (nSPS) is 17.4. The highest BCUT2D eigenvalue weighted by molar-refractivity contribution is 5.60. The van der Waals surface area contributed by atoms with Gasteiger partial charge in [-0.3, -0.25) is 4.90 Å². The average Bonchev–Trinajstić information content (AvgIpc) is 2.49. The first-order valence-corrected chi connectivity index (χ1v) is 6.98. The molecule has 0 aliphatic carbocycles. The van der Waals surface area contributed by atoms with Crippen LogP contribution in [0.4, 0.5) is 4.79 Å². The van der Waals surface area contributed by atoms with E-state index in [2.05, 4.69) is 4.90 Å². The number of carbonyl (C=O) groups is 1. The summed E-state index contributed by atoms with van der Waals surface area (Å²) in [4.78, 5) is 13.8. The molecular formula is C15H21NO4. The Kier molecular flexibility index (Phi) is 5.83. The molecule has 1 unspecified atom stereocenters. The fourth-order valence-corrected chi connectivity index (χ4v) is 2.16. The van der Waals surface area contributed by atoms with Crippen molar-refractivity contribution < 1.29 is 19.0 Å². The molecule has 0 saturated carbocycles. The number of benzene rings is 1. The summed E-state index contributed by atoms with van der Waals surface area (Å²) in [5.74, 6) is 0. The van der Waals surface area contributed by atoms with Crippen LogP contribution in [0.2, 0.25) is 0 Å². The van der Waals surface area contributed by atoms with E-state index in [1.807, 2.05) is 30.3 Å². The SMILES string of the molecule is CCOC(=O)OC(CN1CCOCC1)c1ccccc1. The summed E-state index contributed by atoms with van der Waals surface area (Å²) in [5.41, 5.74) is 0.979. The minimum absolute atomic E-state index is 0.312. The van der Waals surface area contributed by atoms with Crippen molar-refractivity contribution >= 4 is 6.16 Å². The molecule has 5 nitrogen and oxygen atoms in total. The largest absolute Gasteiger partial charge is 0.508 e. The van der Waals surface area contributed by atoms with E-state index in [4.69, 9.17) is 14.2 Å². The summed E-state index contributed by atoms with van der Waals surface area (Å²) in [7, 11) is 0. The molecule has 1 atom stereocenters. The molecule has 0 spiro atoms. The van der Waals surface area contributed by atoms with Gasteiger partial charge in [-0.15, -0.1) is 0 Å². The molecule has 2 rings (SSSR count). The predicted molar refractivity (Wildman–Crippen MR) is 74.5 cm³/mol. The van der Waals surface area contributed by atoms with Gasteiger partial charge in [0.15, 0.2) is 0 Å². The highest BCUT2D eigenvalue weighted by Gasteiger charge is 2.22. The van der Waals surface area contributed by atoms with E-state index < -0.39 is 6.16 Å². The van der Waals surface area contributed by atoms with Crippen LogP contribution in [0.3, 0.4) is 0 Å². The first-order chi connectivity index (χ1) is 9.79. The number of nitrogens with zero attached hydrogens (tertiary/aromatic N) is 1. The third kappa shape index (κ3) is 4.51. The van der Waals surface area contributed by atoms with E-state index in [0.29, 0.717) is 13.2 Å². The molecule has 5 heteroatoms. The third-order valence-corrected chi connectivity index (χ3v) is 3.20. The van der Waals surface area contributed by atoms with Gasteiger partial charge in [0.05, 0.1) is 19.8 Å². The van der Waals surface area contributed by atoms with Gasteiger partial charge in [-0.05, 0) is 12.5 Å². The zero-order valence-electron chi connectivity index (χ0n) is 11.8. The smallest absolute Gasteiger partial charge is 0.435 e. The van der Waals surface area contributed by atoms with Crippen LogP contribution >= 0.6 is 0 Å². The third-order valence-electron chi connectivity index (χ3n) is 3.20. The van der Waals surface area contributed by atoms with Gasteiger partial charge in [-0.25, -0.2) is 4.79 Å². The Bertz CT molecular complexity index is 404. The van der Waals surface area contributed by atoms with Crippen molar-refractivity contribution in [3.05, 3.63) is 35.9 Å². The summed E-state index contributed by atoms with van der Waals surface area (Å²) in [6.07, 6.45) is -0.928. The lowest BCUT2D eigenvalue weighted by atomic mass is 10.1. The van der Waals surface area contributed by atoms with Gasteiger partial charge >= 0.3 is 6.16 Å². The first-order valence-electron chi connectivity index (χ1n) is 6.98. The standard InChI is InChI=1S/C15H21NO4/c1-2-19-15(17)20-14(13-6-4-3-5-7-13)12-16-8-10-18-11-9-16/h3-7,14H,2,8-12H2,1H3. The zero-order chi connectivity index (χ0) is 14.2. The lowest BCUT2D eigenvalue weighted by molar-refractivity contribution is -0.0123. The molecule has 1 aromatic rings. The second-order valence-corrected chi connectivity index (χ2v) is 4.61. The van der Waals surface area contributed by atoms with Gasteiger partial charge in [-0.2, -0.15) is 0 Å². The lowest BCUT2D eigenvalue weighted by Gasteiger charge is -2.30. The van der Waals surface area contributed by atoms with Gasteiger partial charge in [0.25, 0.3) is 0 Å². The van der Waals surface area contributed by atoms with Crippen molar-refractivity contribution in [1.29, 1.82) is 0 Å². The summed E-state index contributed by atoms with van der Waals surface area (Å²) >= 11 is 0. The van der Waals surface area contributed by atoms with Gasteiger partial charge in [0.2, 0.25) is 0 Å². The van der Waals surface area contributed by atoms with E-state index in [1.54, 1.807) is 6.92 Å². The molecule has 1 saturated heterocycles. The molecule has 0 amide bonds. The minimum Gasteiger partial charge on any atom is -0.435 e. The van der Waals surface area contributed by atoms with Gasteiger partial charge in [0, 0.05) is 19.6 Å². The van der Waals surface area contributed by atoms with Crippen molar-refractivity contribution in [2.24, 2.45) is 0 Å². The Morgan fingerprint density at radius 2 is 2.00 bits per heavy atom. The Hall–Kier alpha value is -1.59. The monoisotopic (exact) mass is 279 g/mol. The van der Waals surface area contributed by atoms with E-state index in [9.17, 15) is 4.79 Å². The summed E-state index contributed by atoms with van der Waals surface area (Å²) in [6, 6.07) is 9.75. The highest BCUT2D eigenvalue weighted by Crippen LogP contribution is 2.20. The summed E-state index contributed by atoms with van der Waals surface area (Å²) in [6.45, 7) is 5.90. The van der Waals surface area contributed by atoms with Crippen LogP contribution in [0.5, 0.6) is 0 Å². The molecule has 20 heavy (non-hydrogen) atoms. The Morgan fingerprint density at radius 1 is 1.30 bits per heavy atom. The maximum atomic E-state index is 11.6. The highest BCUT2D eigenvalue weighted by atomic mass is 16.7. The number of hydrogen-bond donors (Lipinski definition) is 0. The van der Waals surface area contributed by atoms with Gasteiger partial charge in [-0.1, -0.05) is 30.3 Å². The van der Waals surface area contributed by atoms with E-state index in [1.165, 1.54) is 0 Å². The van der Waals surface area contributed by atoms with E-state index in [-0.39, 0.29) is 6.10 Å². The summed E-state index contributed by atoms with van der Waals surface area (Å²) < 4.78 is 15.6. The van der Waals surface area contributed by atoms with E-state index in [0.717, 1.165) is 31.9 Å². The maximum Gasteiger partial charge on any atom is 0.508 e. The number of morpholine rings is 1. The fourth-order valence-electron chi connectivity index (χ4n) is 2.16. The van der Waals surface area contributed by atoms with Crippen molar-refractivity contribution in [3.8, 4) is 0 Å². The molecule has 0 aromatic heterocycles. The molecule has 1 aliphatic heterocycles. The molecule has 1 aromatic carbocycles. The van der Waals surface area contributed by atoms with Crippen LogP contribution in [0, 0.1) is 0 Å². The van der Waals surface area contributed by atoms with Crippen LogP contribution in [0.1, 0.15) is 18.6 Å². The van der Waals surface area contributed by atoms with Crippen LogP contribution in [-0.4, -0.2) is 50.5 Å². The Morgan fingerprint density at radius 3 is 2.65 bits per heavy atom. The van der Waals surface area contributed by atoms with Crippen LogP contribution in [0.15, 0.2) is 30.3 Å². The van der Waals surface area contributed by atoms with Crippen molar-refractivity contribution in [2.45, 2.75) is 13.0 Å². The molecule has 110 valence electrons. The Balaban J connectivity index is 2.01.